The highest BCUT2D eigenvalue weighted by Gasteiger charge is 2.18. The number of hydrogen-bond donors (Lipinski definition) is 1. The Labute approximate surface area is 144 Å². The first-order valence-corrected chi connectivity index (χ1v) is 8.29. The molecule has 23 heavy (non-hydrogen) atoms. The van der Waals surface area contributed by atoms with Crippen LogP contribution in [-0.2, 0) is 0 Å². The van der Waals surface area contributed by atoms with E-state index >= 15 is 0 Å². The SMILES string of the molecule is COc1ccc(Br)c(C(=O)Nc2ccsc2-c2nc(C)no2)c1. The molecular formula is C15H12BrN3O3S. The minimum absolute atomic E-state index is 0.258. The van der Waals surface area contributed by atoms with E-state index in [1.54, 1.807) is 38.3 Å². The van der Waals surface area contributed by atoms with E-state index in [1.807, 2.05) is 5.38 Å². The number of carbonyl (C=O) groups excluding carboxylic acids is 1. The molecule has 0 unspecified atom stereocenters. The average Bonchev–Trinajstić information content (AvgIpc) is 3.16. The summed E-state index contributed by atoms with van der Waals surface area (Å²) in [5, 5.41) is 8.49. The number of amides is 1. The maximum absolute atomic E-state index is 12.5. The van der Waals surface area contributed by atoms with E-state index in [9.17, 15) is 4.79 Å². The Kier molecular flexibility index (Phi) is 4.44. The number of aromatic nitrogens is 2. The number of aryl methyl sites for hydroxylation is 1. The molecule has 8 heteroatoms. The van der Waals surface area contributed by atoms with Gasteiger partial charge in [-0.15, -0.1) is 11.3 Å². The highest BCUT2D eigenvalue weighted by molar-refractivity contribution is 9.10. The van der Waals surface area contributed by atoms with Crippen LogP contribution in [-0.4, -0.2) is 23.2 Å². The summed E-state index contributed by atoms with van der Waals surface area (Å²) >= 11 is 4.79. The van der Waals surface area contributed by atoms with E-state index in [4.69, 9.17) is 9.26 Å². The van der Waals surface area contributed by atoms with Gasteiger partial charge < -0.3 is 14.6 Å². The van der Waals surface area contributed by atoms with Crippen LogP contribution in [0, 0.1) is 6.92 Å². The summed E-state index contributed by atoms with van der Waals surface area (Å²) in [6, 6.07) is 7.01. The molecule has 3 rings (SSSR count). The van der Waals surface area contributed by atoms with Gasteiger partial charge in [-0.2, -0.15) is 4.98 Å². The average molecular weight is 394 g/mol. The van der Waals surface area contributed by atoms with Crippen LogP contribution in [0.2, 0.25) is 0 Å². The summed E-state index contributed by atoms with van der Waals surface area (Å²) in [5.74, 6) is 1.28. The van der Waals surface area contributed by atoms with Crippen molar-refractivity contribution in [1.82, 2.24) is 10.1 Å². The Balaban J connectivity index is 1.88. The molecule has 0 spiro atoms. The van der Waals surface area contributed by atoms with Gasteiger partial charge in [0.05, 0.1) is 18.4 Å². The summed E-state index contributed by atoms with van der Waals surface area (Å²) < 4.78 is 11.0. The van der Waals surface area contributed by atoms with Crippen molar-refractivity contribution in [2.45, 2.75) is 6.92 Å². The molecule has 118 valence electrons. The molecule has 0 bridgehead atoms. The summed E-state index contributed by atoms with van der Waals surface area (Å²) in [6.45, 7) is 1.74. The first kappa shape index (κ1) is 15.7. The maximum atomic E-state index is 12.5. The van der Waals surface area contributed by atoms with E-state index in [1.165, 1.54) is 11.3 Å². The van der Waals surface area contributed by atoms with E-state index in [0.717, 1.165) is 4.88 Å². The fraction of sp³-hybridized carbons (Fsp3) is 0.133. The van der Waals surface area contributed by atoms with Crippen molar-refractivity contribution in [3.05, 3.63) is 45.5 Å². The van der Waals surface area contributed by atoms with Crippen LogP contribution in [0.5, 0.6) is 5.75 Å². The van der Waals surface area contributed by atoms with Crippen molar-refractivity contribution in [2.75, 3.05) is 12.4 Å². The predicted molar refractivity (Wildman–Crippen MR) is 91.0 cm³/mol. The number of anilines is 1. The van der Waals surface area contributed by atoms with Crippen LogP contribution < -0.4 is 10.1 Å². The molecule has 0 saturated carbocycles. The van der Waals surface area contributed by atoms with Gasteiger partial charge in [0.2, 0.25) is 0 Å². The Hall–Kier alpha value is -2.19. The van der Waals surface area contributed by atoms with Crippen LogP contribution in [0.25, 0.3) is 10.8 Å². The zero-order valence-electron chi connectivity index (χ0n) is 12.3. The zero-order valence-corrected chi connectivity index (χ0v) is 14.7. The van der Waals surface area contributed by atoms with Gasteiger partial charge in [-0.3, -0.25) is 4.79 Å². The number of nitrogens with zero attached hydrogens (tertiary/aromatic N) is 2. The predicted octanol–water partition coefficient (Wildman–Crippen LogP) is 4.13. The third kappa shape index (κ3) is 3.27. The van der Waals surface area contributed by atoms with Crippen molar-refractivity contribution >= 4 is 38.9 Å². The molecule has 0 atom stereocenters. The second kappa shape index (κ2) is 6.51. The largest absolute Gasteiger partial charge is 0.497 e. The molecule has 1 amide bonds. The summed E-state index contributed by atoms with van der Waals surface area (Å²) in [7, 11) is 1.56. The fourth-order valence-electron chi connectivity index (χ4n) is 1.96. The summed E-state index contributed by atoms with van der Waals surface area (Å²) in [6.07, 6.45) is 0. The molecule has 2 aromatic heterocycles. The molecule has 0 saturated heterocycles. The van der Waals surface area contributed by atoms with Crippen LogP contribution in [0.15, 0.2) is 38.6 Å². The van der Waals surface area contributed by atoms with Gasteiger partial charge in [0.15, 0.2) is 5.82 Å². The summed E-state index contributed by atoms with van der Waals surface area (Å²) in [5.41, 5.74) is 1.10. The lowest BCUT2D eigenvalue weighted by Gasteiger charge is -2.08. The minimum atomic E-state index is -0.258. The van der Waals surface area contributed by atoms with Crippen LogP contribution >= 0.6 is 27.3 Å². The Morgan fingerprint density at radius 2 is 2.22 bits per heavy atom. The second-order valence-electron chi connectivity index (χ2n) is 4.61. The topological polar surface area (TPSA) is 77.2 Å². The second-order valence-corrected chi connectivity index (χ2v) is 6.38. The molecule has 0 radical (unpaired) electrons. The highest BCUT2D eigenvalue weighted by Crippen LogP contribution is 2.33. The highest BCUT2D eigenvalue weighted by atomic mass is 79.9. The van der Waals surface area contributed by atoms with Gasteiger partial charge in [-0.25, -0.2) is 0 Å². The van der Waals surface area contributed by atoms with E-state index in [-0.39, 0.29) is 5.91 Å². The molecule has 1 aromatic carbocycles. The van der Waals surface area contributed by atoms with Gasteiger partial charge in [-0.05, 0) is 52.5 Å². The number of rotatable bonds is 4. The van der Waals surface area contributed by atoms with Crippen LogP contribution in [0.3, 0.4) is 0 Å². The van der Waals surface area contributed by atoms with E-state index in [2.05, 4.69) is 31.4 Å². The van der Waals surface area contributed by atoms with Gasteiger partial charge in [0, 0.05) is 4.47 Å². The normalized spacial score (nSPS) is 10.6. The Morgan fingerprint density at radius 3 is 2.91 bits per heavy atom. The third-order valence-corrected chi connectivity index (χ3v) is 4.65. The van der Waals surface area contributed by atoms with Crippen molar-refractivity contribution in [3.63, 3.8) is 0 Å². The molecule has 0 aliphatic carbocycles. The number of nitrogens with one attached hydrogen (secondary N) is 1. The van der Waals surface area contributed by atoms with E-state index < -0.39 is 0 Å². The van der Waals surface area contributed by atoms with Gasteiger partial charge in [0.1, 0.15) is 10.6 Å². The van der Waals surface area contributed by atoms with Crippen molar-refractivity contribution in [3.8, 4) is 16.5 Å². The lowest BCUT2D eigenvalue weighted by molar-refractivity contribution is 0.102. The number of halogens is 1. The fourth-order valence-corrected chi connectivity index (χ4v) is 3.15. The molecule has 0 fully saturated rings. The molecule has 0 aliphatic heterocycles. The maximum Gasteiger partial charge on any atom is 0.270 e. The van der Waals surface area contributed by atoms with Gasteiger partial charge in [-0.1, -0.05) is 5.16 Å². The van der Waals surface area contributed by atoms with E-state index in [0.29, 0.717) is 33.2 Å². The molecule has 2 heterocycles. The lowest BCUT2D eigenvalue weighted by Crippen LogP contribution is -2.12. The quantitative estimate of drug-likeness (QED) is 0.720. The van der Waals surface area contributed by atoms with Gasteiger partial charge >= 0.3 is 0 Å². The number of methoxy groups -OCH3 is 1. The number of ether oxygens (including phenoxy) is 1. The molecule has 0 aliphatic rings. The standard InChI is InChI=1S/C15H12BrN3O3S/c1-8-17-15(22-19-8)13-12(5-6-23-13)18-14(20)10-7-9(21-2)3-4-11(10)16/h3-7H,1-2H3,(H,18,20). The molecular weight excluding hydrogens is 382 g/mol. The van der Waals surface area contributed by atoms with Crippen LogP contribution in [0.4, 0.5) is 5.69 Å². The molecule has 3 aromatic rings. The van der Waals surface area contributed by atoms with Crippen LogP contribution in [0.1, 0.15) is 16.2 Å². The monoisotopic (exact) mass is 393 g/mol. The van der Waals surface area contributed by atoms with Crippen molar-refractivity contribution < 1.29 is 14.1 Å². The number of hydrogen-bond acceptors (Lipinski definition) is 6. The minimum Gasteiger partial charge on any atom is -0.497 e. The number of thiophene rings is 1. The van der Waals surface area contributed by atoms with Crippen molar-refractivity contribution in [2.24, 2.45) is 0 Å². The number of carbonyl (C=O) groups is 1. The smallest absolute Gasteiger partial charge is 0.270 e. The number of benzene rings is 1. The molecule has 6 nitrogen and oxygen atoms in total. The lowest BCUT2D eigenvalue weighted by atomic mass is 10.2. The molecule has 1 N–H and O–H groups in total. The first-order valence-electron chi connectivity index (χ1n) is 6.61. The zero-order chi connectivity index (χ0) is 16.4. The Bertz CT molecular complexity index is 859. The Morgan fingerprint density at radius 1 is 1.39 bits per heavy atom. The van der Waals surface area contributed by atoms with Gasteiger partial charge in [0.25, 0.3) is 11.8 Å². The first-order chi connectivity index (χ1) is 11.1. The summed E-state index contributed by atoms with van der Waals surface area (Å²) in [4.78, 5) is 17.4. The third-order valence-electron chi connectivity index (χ3n) is 3.05. The van der Waals surface area contributed by atoms with Crippen molar-refractivity contribution in [1.29, 1.82) is 0 Å².